The largest absolute Gasteiger partial charge is 0.338 e. The highest BCUT2D eigenvalue weighted by molar-refractivity contribution is 6.11. The van der Waals surface area contributed by atoms with Gasteiger partial charge in [0.1, 0.15) is 0 Å². The second kappa shape index (κ2) is 9.02. The molecule has 34 heavy (non-hydrogen) atoms. The Labute approximate surface area is 199 Å². The van der Waals surface area contributed by atoms with Crippen molar-refractivity contribution >= 4 is 39.2 Å². The maximum atomic E-state index is 5.10. The Balaban J connectivity index is 1.60. The number of unbranched alkanes of at least 4 members (excludes halogenated alkanes) is 1. The molecule has 5 rings (SSSR count). The Morgan fingerprint density at radius 3 is 2.76 bits per heavy atom. The van der Waals surface area contributed by atoms with Gasteiger partial charge in [0.15, 0.2) is 5.84 Å². The molecule has 3 heterocycles. The van der Waals surface area contributed by atoms with Crippen LogP contribution in [-0.2, 0) is 14.1 Å². The van der Waals surface area contributed by atoms with Crippen molar-refractivity contribution in [3.05, 3.63) is 84.7 Å². The normalized spacial score (nSPS) is 15.5. The summed E-state index contributed by atoms with van der Waals surface area (Å²) in [6.45, 7) is 4.21. The summed E-state index contributed by atoms with van der Waals surface area (Å²) in [6, 6.07) is 12.5. The number of anilines is 1. The first-order valence-electron chi connectivity index (χ1n) is 11.6. The number of aryl methyl sites for hydroxylation is 2. The molecule has 172 valence electrons. The SMILES string of the molecule is C/C=C\N1C=C(c2ccc3cnn(C)c3c2)N=C(Nc2ccc3ncn(C)c3c2)/C1=C\CCC. The maximum Gasteiger partial charge on any atom is 0.155 e. The van der Waals surface area contributed by atoms with Crippen molar-refractivity contribution in [2.45, 2.75) is 26.7 Å². The van der Waals surface area contributed by atoms with Gasteiger partial charge in [0.05, 0.1) is 40.5 Å². The molecule has 1 aliphatic heterocycles. The second-order valence-corrected chi connectivity index (χ2v) is 8.47. The highest BCUT2D eigenvalue weighted by atomic mass is 15.2. The number of benzene rings is 2. The van der Waals surface area contributed by atoms with Crippen LogP contribution in [0.2, 0.25) is 0 Å². The monoisotopic (exact) mass is 451 g/mol. The minimum absolute atomic E-state index is 0.815. The molecule has 0 saturated carbocycles. The van der Waals surface area contributed by atoms with E-state index in [9.17, 15) is 0 Å². The average Bonchev–Trinajstić information content (AvgIpc) is 3.40. The molecule has 1 N–H and O–H groups in total. The highest BCUT2D eigenvalue weighted by Crippen LogP contribution is 2.29. The van der Waals surface area contributed by atoms with Gasteiger partial charge < -0.3 is 14.8 Å². The number of nitrogens with zero attached hydrogens (tertiary/aromatic N) is 6. The van der Waals surface area contributed by atoms with Crippen LogP contribution < -0.4 is 5.32 Å². The number of fused-ring (bicyclic) bond motifs is 2. The van der Waals surface area contributed by atoms with Gasteiger partial charge >= 0.3 is 0 Å². The highest BCUT2D eigenvalue weighted by Gasteiger charge is 2.20. The number of hydrogen-bond acceptors (Lipinski definition) is 5. The van der Waals surface area contributed by atoms with Crippen LogP contribution in [0.5, 0.6) is 0 Å². The van der Waals surface area contributed by atoms with E-state index in [-0.39, 0.29) is 0 Å². The standard InChI is InChI=1S/C27H29N7/c1-5-7-8-24-27(30-21-11-12-22-26(15-21)32(3)18-28-22)31-23(17-34(24)13-6-2)19-9-10-20-16-29-33(4)25(20)14-19/h6,8-18H,5,7H2,1-4H3,(H,30,31)/b13-6-,24-8+. The number of aliphatic imine (C=N–C) groups is 1. The summed E-state index contributed by atoms with van der Waals surface area (Å²) < 4.78 is 3.92. The fourth-order valence-corrected chi connectivity index (χ4v) is 4.17. The van der Waals surface area contributed by atoms with E-state index < -0.39 is 0 Å². The Kier molecular flexibility index (Phi) is 5.76. The summed E-state index contributed by atoms with van der Waals surface area (Å²) in [7, 11) is 3.97. The lowest BCUT2D eigenvalue weighted by Crippen LogP contribution is -2.27. The van der Waals surface area contributed by atoms with Gasteiger partial charge in [0, 0.05) is 43.1 Å². The zero-order valence-corrected chi connectivity index (χ0v) is 20.0. The van der Waals surface area contributed by atoms with Crippen LogP contribution in [0.15, 0.2) is 84.2 Å². The van der Waals surface area contributed by atoms with Crippen molar-refractivity contribution in [1.29, 1.82) is 0 Å². The van der Waals surface area contributed by atoms with Gasteiger partial charge in [-0.15, -0.1) is 0 Å². The fraction of sp³-hybridized carbons (Fsp3) is 0.222. The first kappa shape index (κ1) is 21.7. The number of rotatable bonds is 5. The number of imidazole rings is 1. The van der Waals surface area contributed by atoms with E-state index in [4.69, 9.17) is 4.99 Å². The van der Waals surface area contributed by atoms with Gasteiger partial charge in [-0.3, -0.25) is 4.68 Å². The zero-order valence-electron chi connectivity index (χ0n) is 20.0. The predicted octanol–water partition coefficient (Wildman–Crippen LogP) is 5.80. The minimum Gasteiger partial charge on any atom is -0.338 e. The fourth-order valence-electron chi connectivity index (χ4n) is 4.17. The van der Waals surface area contributed by atoms with Gasteiger partial charge in [-0.05, 0) is 37.6 Å². The lowest BCUT2D eigenvalue weighted by atomic mass is 10.1. The van der Waals surface area contributed by atoms with E-state index >= 15 is 0 Å². The molecular formula is C27H29N7. The quantitative estimate of drug-likeness (QED) is 0.416. The number of aromatic nitrogens is 4. The van der Waals surface area contributed by atoms with E-state index in [2.05, 4.69) is 76.0 Å². The van der Waals surface area contributed by atoms with Crippen molar-refractivity contribution in [2.75, 3.05) is 5.32 Å². The van der Waals surface area contributed by atoms with Crippen LogP contribution in [0, 0.1) is 0 Å². The van der Waals surface area contributed by atoms with Crippen molar-refractivity contribution in [3.63, 3.8) is 0 Å². The Morgan fingerprint density at radius 2 is 1.94 bits per heavy atom. The second-order valence-electron chi connectivity index (χ2n) is 8.47. The van der Waals surface area contributed by atoms with E-state index in [0.717, 1.165) is 63.3 Å². The molecule has 7 nitrogen and oxygen atoms in total. The average molecular weight is 452 g/mol. The summed E-state index contributed by atoms with van der Waals surface area (Å²) in [5.41, 5.74) is 7.07. The molecule has 0 radical (unpaired) electrons. The third-order valence-corrected chi connectivity index (χ3v) is 5.98. The number of allylic oxidation sites excluding steroid dienone is 2. The van der Waals surface area contributed by atoms with Crippen LogP contribution in [-0.4, -0.2) is 30.1 Å². The van der Waals surface area contributed by atoms with E-state index in [1.54, 1.807) is 0 Å². The lowest BCUT2D eigenvalue weighted by Gasteiger charge is -2.27. The summed E-state index contributed by atoms with van der Waals surface area (Å²) in [5.74, 6) is 0.815. The van der Waals surface area contributed by atoms with Crippen LogP contribution in [0.25, 0.3) is 27.6 Å². The first-order valence-corrected chi connectivity index (χ1v) is 11.6. The maximum absolute atomic E-state index is 5.10. The molecule has 1 aliphatic rings. The van der Waals surface area contributed by atoms with E-state index in [1.165, 1.54) is 0 Å². The smallest absolute Gasteiger partial charge is 0.155 e. The van der Waals surface area contributed by atoms with Gasteiger partial charge in [-0.25, -0.2) is 9.98 Å². The molecule has 0 amide bonds. The zero-order chi connectivity index (χ0) is 23.7. The topological polar surface area (TPSA) is 63.3 Å². The third kappa shape index (κ3) is 4.01. The first-order chi connectivity index (χ1) is 16.6. The molecule has 0 unspecified atom stereocenters. The summed E-state index contributed by atoms with van der Waals surface area (Å²) in [4.78, 5) is 11.7. The van der Waals surface area contributed by atoms with Crippen molar-refractivity contribution in [1.82, 2.24) is 24.2 Å². The van der Waals surface area contributed by atoms with E-state index in [0.29, 0.717) is 0 Å². The Morgan fingerprint density at radius 1 is 1.06 bits per heavy atom. The number of amidine groups is 1. The van der Waals surface area contributed by atoms with Gasteiger partial charge in [-0.2, -0.15) is 5.10 Å². The van der Waals surface area contributed by atoms with Gasteiger partial charge in [0.25, 0.3) is 0 Å². The molecule has 0 fully saturated rings. The molecule has 2 aromatic carbocycles. The van der Waals surface area contributed by atoms with Gasteiger partial charge in [0.2, 0.25) is 0 Å². The summed E-state index contributed by atoms with van der Waals surface area (Å²) in [6.07, 6.45) is 14.2. The van der Waals surface area contributed by atoms with Crippen molar-refractivity contribution in [2.24, 2.45) is 19.1 Å². The van der Waals surface area contributed by atoms with Gasteiger partial charge in [-0.1, -0.05) is 37.6 Å². The summed E-state index contributed by atoms with van der Waals surface area (Å²) in [5, 5.41) is 9.08. The molecule has 0 atom stereocenters. The Bertz CT molecular complexity index is 1480. The van der Waals surface area contributed by atoms with E-state index in [1.807, 2.05) is 54.9 Å². The molecule has 0 aliphatic carbocycles. The van der Waals surface area contributed by atoms with Crippen LogP contribution in [0.3, 0.4) is 0 Å². The Hall–Kier alpha value is -4.13. The van der Waals surface area contributed by atoms with Crippen LogP contribution >= 0.6 is 0 Å². The van der Waals surface area contributed by atoms with Crippen molar-refractivity contribution in [3.8, 4) is 0 Å². The van der Waals surface area contributed by atoms with Crippen molar-refractivity contribution < 1.29 is 0 Å². The predicted molar refractivity (Wildman–Crippen MR) is 140 cm³/mol. The van der Waals surface area contributed by atoms with Crippen LogP contribution in [0.1, 0.15) is 32.3 Å². The molecule has 2 aromatic heterocycles. The summed E-state index contributed by atoms with van der Waals surface area (Å²) >= 11 is 0. The lowest BCUT2D eigenvalue weighted by molar-refractivity contribution is 0.649. The third-order valence-electron chi connectivity index (χ3n) is 5.98. The molecule has 4 aromatic rings. The molecular weight excluding hydrogens is 422 g/mol. The molecule has 0 spiro atoms. The minimum atomic E-state index is 0.815. The number of hydrogen-bond donors (Lipinski definition) is 1. The number of nitrogens with one attached hydrogen (secondary N) is 1. The van der Waals surface area contributed by atoms with Crippen LogP contribution in [0.4, 0.5) is 5.69 Å². The molecule has 0 bridgehead atoms. The molecule has 7 heteroatoms. The molecule has 0 saturated heterocycles.